The van der Waals surface area contributed by atoms with E-state index in [9.17, 15) is 9.59 Å². The molecule has 10 nitrogen and oxygen atoms in total. The topological polar surface area (TPSA) is 116 Å². The number of esters is 1. The average Bonchev–Trinajstić information content (AvgIpc) is 3.38. The second-order valence-corrected chi connectivity index (χ2v) is 8.87. The van der Waals surface area contributed by atoms with E-state index in [4.69, 9.17) is 18.7 Å². The van der Waals surface area contributed by atoms with E-state index in [-0.39, 0.29) is 17.8 Å². The monoisotopic (exact) mass is 508 g/mol. The van der Waals surface area contributed by atoms with Crippen molar-refractivity contribution >= 4 is 17.6 Å². The quantitative estimate of drug-likeness (QED) is 0.427. The summed E-state index contributed by atoms with van der Waals surface area (Å²) in [4.78, 5) is 31.5. The van der Waals surface area contributed by atoms with Crippen LogP contribution in [0.15, 0.2) is 40.9 Å². The zero-order chi connectivity index (χ0) is 26.4. The molecular weight excluding hydrogens is 476 g/mol. The molecule has 0 bridgehead atoms. The van der Waals surface area contributed by atoms with Crippen LogP contribution in [0.1, 0.15) is 41.6 Å². The van der Waals surface area contributed by atoms with Gasteiger partial charge in [-0.3, -0.25) is 9.69 Å². The van der Waals surface area contributed by atoms with Crippen LogP contribution < -0.4 is 14.8 Å². The van der Waals surface area contributed by atoms with E-state index in [0.29, 0.717) is 47.6 Å². The Morgan fingerprint density at radius 3 is 2.51 bits per heavy atom. The predicted octanol–water partition coefficient (Wildman–Crippen LogP) is 4.09. The van der Waals surface area contributed by atoms with Crippen LogP contribution in [-0.4, -0.2) is 60.8 Å². The zero-order valence-electron chi connectivity index (χ0n) is 21.6. The van der Waals surface area contributed by atoms with Gasteiger partial charge >= 0.3 is 5.97 Å². The number of nitrogens with one attached hydrogen (secondary N) is 1. The van der Waals surface area contributed by atoms with Crippen molar-refractivity contribution < 1.29 is 28.3 Å². The molecular formula is C27H32N4O6. The minimum Gasteiger partial charge on any atom is -0.493 e. The number of hydrogen-bond donors (Lipinski definition) is 1. The number of carbonyl (C=O) groups excluding carboxylic acids is 2. The van der Waals surface area contributed by atoms with Crippen molar-refractivity contribution in [3.8, 4) is 22.9 Å². The van der Waals surface area contributed by atoms with Crippen LogP contribution in [0.5, 0.6) is 11.5 Å². The van der Waals surface area contributed by atoms with Gasteiger partial charge in [-0.25, -0.2) is 4.79 Å². The van der Waals surface area contributed by atoms with Gasteiger partial charge in [0, 0.05) is 17.2 Å². The molecule has 0 radical (unpaired) electrons. The van der Waals surface area contributed by atoms with Gasteiger partial charge in [-0.15, -0.1) is 0 Å². The van der Waals surface area contributed by atoms with Crippen molar-refractivity contribution in [2.24, 2.45) is 5.92 Å². The molecule has 1 fully saturated rings. The fourth-order valence-corrected chi connectivity index (χ4v) is 4.34. The highest BCUT2D eigenvalue weighted by molar-refractivity contribution is 5.95. The van der Waals surface area contributed by atoms with E-state index in [1.165, 1.54) is 0 Å². The van der Waals surface area contributed by atoms with Crippen LogP contribution in [0.25, 0.3) is 11.4 Å². The molecule has 4 rings (SSSR count). The second kappa shape index (κ2) is 11.9. The maximum absolute atomic E-state index is 12.9. The first-order valence-corrected chi connectivity index (χ1v) is 12.3. The number of aryl methyl sites for hydroxylation is 1. The van der Waals surface area contributed by atoms with Crippen molar-refractivity contribution in [3.63, 3.8) is 0 Å². The van der Waals surface area contributed by atoms with Crippen LogP contribution in [0.2, 0.25) is 0 Å². The molecule has 1 aromatic heterocycles. The smallest absolute Gasteiger partial charge is 0.338 e. The summed E-state index contributed by atoms with van der Waals surface area (Å²) in [5.41, 5.74) is 2.77. The second-order valence-electron chi connectivity index (χ2n) is 8.87. The molecule has 10 heteroatoms. The van der Waals surface area contributed by atoms with Crippen molar-refractivity contribution in [2.45, 2.75) is 33.2 Å². The summed E-state index contributed by atoms with van der Waals surface area (Å²) in [6.07, 6.45) is 1.45. The number of benzene rings is 2. The minimum absolute atomic E-state index is 0.0137. The van der Waals surface area contributed by atoms with Crippen LogP contribution in [-0.2, 0) is 16.1 Å². The number of carbonyl (C=O) groups is 2. The number of nitrogens with zero attached hydrogens (tertiary/aromatic N) is 3. The van der Waals surface area contributed by atoms with Crippen LogP contribution in [0.4, 0.5) is 5.69 Å². The van der Waals surface area contributed by atoms with Gasteiger partial charge < -0.3 is 24.1 Å². The number of likely N-dealkylation sites (tertiary alicyclic amines) is 1. The number of methoxy groups -OCH3 is 2. The number of anilines is 1. The van der Waals surface area contributed by atoms with Crippen molar-refractivity contribution in [1.82, 2.24) is 15.0 Å². The average molecular weight is 509 g/mol. The largest absolute Gasteiger partial charge is 0.493 e. The van der Waals surface area contributed by atoms with Gasteiger partial charge in [-0.05, 0) is 81.7 Å². The highest BCUT2D eigenvalue weighted by Gasteiger charge is 2.26. The maximum atomic E-state index is 12.9. The van der Waals surface area contributed by atoms with Gasteiger partial charge in [0.05, 0.1) is 32.9 Å². The summed E-state index contributed by atoms with van der Waals surface area (Å²) in [7, 11) is 3.17. The molecule has 1 saturated heterocycles. The third-order valence-electron chi connectivity index (χ3n) is 6.42. The molecule has 0 spiro atoms. The molecule has 37 heavy (non-hydrogen) atoms. The third kappa shape index (κ3) is 6.26. The fourth-order valence-electron chi connectivity index (χ4n) is 4.34. The molecule has 1 aliphatic rings. The van der Waals surface area contributed by atoms with Gasteiger partial charge in [-0.1, -0.05) is 5.16 Å². The number of ether oxygens (including phenoxy) is 3. The molecule has 2 aromatic carbocycles. The number of amides is 1. The van der Waals surface area contributed by atoms with E-state index >= 15 is 0 Å². The molecule has 196 valence electrons. The van der Waals surface area contributed by atoms with Gasteiger partial charge in [0.15, 0.2) is 11.5 Å². The summed E-state index contributed by atoms with van der Waals surface area (Å²) >= 11 is 0. The maximum Gasteiger partial charge on any atom is 0.338 e. The third-order valence-corrected chi connectivity index (χ3v) is 6.42. The molecule has 0 aliphatic carbocycles. The van der Waals surface area contributed by atoms with Crippen molar-refractivity contribution in [2.75, 3.05) is 39.2 Å². The number of piperidine rings is 1. The molecule has 0 unspecified atom stereocenters. The SMILES string of the molecule is CCOC(=O)c1ccc(NC(=O)C2CCN(Cc3nc(-c4ccc(OC)c(OC)c4)no3)CC2)c(C)c1. The predicted molar refractivity (Wildman–Crippen MR) is 137 cm³/mol. The number of aromatic nitrogens is 2. The normalized spacial score (nSPS) is 14.3. The van der Waals surface area contributed by atoms with E-state index in [0.717, 1.165) is 37.1 Å². The van der Waals surface area contributed by atoms with Crippen LogP contribution in [0, 0.1) is 12.8 Å². The summed E-state index contributed by atoms with van der Waals surface area (Å²) in [6, 6.07) is 10.6. The van der Waals surface area contributed by atoms with Crippen LogP contribution >= 0.6 is 0 Å². The lowest BCUT2D eigenvalue weighted by Gasteiger charge is -2.30. The molecule has 0 saturated carbocycles. The summed E-state index contributed by atoms with van der Waals surface area (Å²) in [5, 5.41) is 7.12. The first-order valence-electron chi connectivity index (χ1n) is 12.3. The summed E-state index contributed by atoms with van der Waals surface area (Å²) < 4.78 is 21.1. The summed E-state index contributed by atoms with van der Waals surface area (Å²) in [6.45, 7) is 5.95. The lowest BCUT2D eigenvalue weighted by molar-refractivity contribution is -0.121. The molecule has 2 heterocycles. The first kappa shape index (κ1) is 26.2. The van der Waals surface area contributed by atoms with E-state index in [2.05, 4.69) is 20.4 Å². The Balaban J connectivity index is 1.29. The Morgan fingerprint density at radius 1 is 1.08 bits per heavy atom. The Bertz CT molecular complexity index is 1250. The molecule has 1 amide bonds. The van der Waals surface area contributed by atoms with Gasteiger partial charge in [0.2, 0.25) is 17.6 Å². The standard InChI is InChI=1S/C27H32N4O6/c1-5-36-27(33)20-6-8-21(17(2)14-20)28-26(32)18-10-12-31(13-11-18)16-24-29-25(30-37-24)19-7-9-22(34-3)23(15-19)35-4/h6-9,14-15,18H,5,10-13,16H2,1-4H3,(H,28,32). The Kier molecular flexibility index (Phi) is 8.39. The zero-order valence-corrected chi connectivity index (χ0v) is 21.6. The Hall–Kier alpha value is -3.92. The Morgan fingerprint density at radius 2 is 1.84 bits per heavy atom. The lowest BCUT2D eigenvalue weighted by atomic mass is 9.95. The minimum atomic E-state index is -0.368. The molecule has 1 N–H and O–H groups in total. The van der Waals surface area contributed by atoms with Crippen molar-refractivity contribution in [1.29, 1.82) is 0 Å². The highest BCUT2D eigenvalue weighted by Crippen LogP contribution is 2.31. The van der Waals surface area contributed by atoms with Gasteiger partial charge in [0.1, 0.15) is 0 Å². The fraction of sp³-hybridized carbons (Fsp3) is 0.407. The van der Waals surface area contributed by atoms with Gasteiger partial charge in [0.25, 0.3) is 0 Å². The van der Waals surface area contributed by atoms with Crippen LogP contribution in [0.3, 0.4) is 0 Å². The molecule has 0 atom stereocenters. The van der Waals surface area contributed by atoms with E-state index in [1.807, 2.05) is 19.1 Å². The Labute approximate surface area is 215 Å². The number of hydrogen-bond acceptors (Lipinski definition) is 9. The first-order chi connectivity index (χ1) is 17.9. The van der Waals surface area contributed by atoms with Crippen molar-refractivity contribution in [3.05, 3.63) is 53.4 Å². The highest BCUT2D eigenvalue weighted by atomic mass is 16.5. The lowest BCUT2D eigenvalue weighted by Crippen LogP contribution is -2.37. The van der Waals surface area contributed by atoms with Gasteiger partial charge in [-0.2, -0.15) is 4.98 Å². The molecule has 1 aliphatic heterocycles. The summed E-state index contributed by atoms with van der Waals surface area (Å²) in [5.74, 6) is 1.75. The molecule has 3 aromatic rings. The van der Waals surface area contributed by atoms with E-state index < -0.39 is 0 Å². The number of rotatable bonds is 9. The van der Waals surface area contributed by atoms with E-state index in [1.54, 1.807) is 45.4 Å².